The fourth-order valence-corrected chi connectivity index (χ4v) is 2.59. The Labute approximate surface area is 148 Å². The van der Waals surface area contributed by atoms with Gasteiger partial charge in [0.15, 0.2) is 0 Å². The summed E-state index contributed by atoms with van der Waals surface area (Å²) in [6.45, 7) is 5.59. The lowest BCUT2D eigenvalue weighted by molar-refractivity contribution is -0.139. The number of hydrogen-bond donors (Lipinski definition) is 3. The third-order valence-electron chi connectivity index (χ3n) is 3.94. The number of benzene rings is 1. The molecule has 1 aromatic carbocycles. The van der Waals surface area contributed by atoms with E-state index in [1.807, 2.05) is 0 Å². The maximum absolute atomic E-state index is 11.3. The number of nitrogen functional groups attached to an aromatic ring is 2. The molecule has 0 aliphatic heterocycles. The quantitative estimate of drug-likeness (QED) is 0.244. The van der Waals surface area contributed by atoms with Crippen molar-refractivity contribution in [1.29, 1.82) is 0 Å². The Balaban J connectivity index is 2.23. The van der Waals surface area contributed by atoms with E-state index >= 15 is 0 Å². The van der Waals surface area contributed by atoms with Crippen molar-refractivity contribution in [3.8, 4) is 0 Å². The SMILES string of the molecule is C=C(C)C(=O)OCCCCCCCCc1c(N)cc(N)cc1C(=O)O. The average molecular weight is 348 g/mol. The van der Waals surface area contributed by atoms with Crippen LogP contribution < -0.4 is 11.5 Å². The number of carbonyl (C=O) groups is 2. The fourth-order valence-electron chi connectivity index (χ4n) is 2.59. The van der Waals surface area contributed by atoms with Gasteiger partial charge in [0.25, 0.3) is 0 Å². The van der Waals surface area contributed by atoms with Crippen molar-refractivity contribution in [2.24, 2.45) is 0 Å². The fraction of sp³-hybridized carbons (Fsp3) is 0.474. The lowest BCUT2D eigenvalue weighted by Gasteiger charge is -2.11. The molecule has 0 fully saturated rings. The van der Waals surface area contributed by atoms with Crippen molar-refractivity contribution in [3.05, 3.63) is 35.4 Å². The molecule has 0 aliphatic rings. The molecule has 0 unspecified atom stereocenters. The first-order chi connectivity index (χ1) is 11.8. The number of hydrogen-bond acceptors (Lipinski definition) is 5. The van der Waals surface area contributed by atoms with Crippen LogP contribution in [0.5, 0.6) is 0 Å². The molecule has 0 heterocycles. The van der Waals surface area contributed by atoms with Gasteiger partial charge in [-0.15, -0.1) is 0 Å². The van der Waals surface area contributed by atoms with Gasteiger partial charge in [-0.2, -0.15) is 0 Å². The summed E-state index contributed by atoms with van der Waals surface area (Å²) in [5.41, 5.74) is 13.6. The van der Waals surface area contributed by atoms with Crippen molar-refractivity contribution < 1.29 is 19.4 Å². The van der Waals surface area contributed by atoms with Crippen LogP contribution in [0.4, 0.5) is 11.4 Å². The molecular weight excluding hydrogens is 320 g/mol. The number of carbonyl (C=O) groups excluding carboxylic acids is 1. The van der Waals surface area contributed by atoms with E-state index in [1.165, 1.54) is 6.07 Å². The number of carboxylic acid groups (broad SMARTS) is 1. The van der Waals surface area contributed by atoms with Gasteiger partial charge in [-0.3, -0.25) is 0 Å². The Morgan fingerprint density at radius 2 is 1.68 bits per heavy atom. The maximum Gasteiger partial charge on any atom is 0.336 e. The van der Waals surface area contributed by atoms with E-state index in [0.29, 0.717) is 35.5 Å². The van der Waals surface area contributed by atoms with Gasteiger partial charge in [-0.05, 0) is 43.9 Å². The molecule has 6 heteroatoms. The highest BCUT2D eigenvalue weighted by molar-refractivity contribution is 5.92. The molecule has 0 atom stereocenters. The summed E-state index contributed by atoms with van der Waals surface area (Å²) in [6, 6.07) is 3.06. The third-order valence-corrected chi connectivity index (χ3v) is 3.94. The highest BCUT2D eigenvalue weighted by Crippen LogP contribution is 2.24. The first-order valence-corrected chi connectivity index (χ1v) is 8.56. The molecule has 0 amide bonds. The zero-order valence-electron chi connectivity index (χ0n) is 14.8. The second kappa shape index (κ2) is 10.4. The van der Waals surface area contributed by atoms with Crippen LogP contribution in [0.3, 0.4) is 0 Å². The summed E-state index contributed by atoms with van der Waals surface area (Å²) in [4.78, 5) is 22.5. The second-order valence-corrected chi connectivity index (χ2v) is 6.23. The van der Waals surface area contributed by atoms with Gasteiger partial charge in [0, 0.05) is 16.9 Å². The van der Waals surface area contributed by atoms with Crippen molar-refractivity contribution in [2.75, 3.05) is 18.1 Å². The molecule has 0 spiro atoms. The number of carboxylic acids is 1. The summed E-state index contributed by atoms with van der Waals surface area (Å²) in [6.07, 6.45) is 6.43. The van der Waals surface area contributed by atoms with E-state index < -0.39 is 5.97 Å². The number of rotatable bonds is 11. The molecule has 1 rings (SSSR count). The lowest BCUT2D eigenvalue weighted by atomic mass is 9.98. The van der Waals surface area contributed by atoms with Gasteiger partial charge in [-0.1, -0.05) is 32.3 Å². The Kier molecular flexibility index (Phi) is 8.53. The van der Waals surface area contributed by atoms with Gasteiger partial charge in [0.2, 0.25) is 0 Å². The molecule has 0 bridgehead atoms. The monoisotopic (exact) mass is 348 g/mol. The predicted octanol–water partition coefficient (Wildman–Crippen LogP) is 3.55. The summed E-state index contributed by atoms with van der Waals surface area (Å²) in [5.74, 6) is -1.34. The summed E-state index contributed by atoms with van der Waals surface area (Å²) in [5, 5.41) is 9.26. The Morgan fingerprint density at radius 1 is 1.08 bits per heavy atom. The largest absolute Gasteiger partial charge is 0.478 e. The number of nitrogens with two attached hydrogens (primary N) is 2. The summed E-state index contributed by atoms with van der Waals surface area (Å²) >= 11 is 0. The van der Waals surface area contributed by atoms with Crippen LogP contribution in [0.2, 0.25) is 0 Å². The molecule has 25 heavy (non-hydrogen) atoms. The minimum absolute atomic E-state index is 0.192. The van der Waals surface area contributed by atoms with Crippen LogP contribution in [0.1, 0.15) is 61.4 Å². The van der Waals surface area contributed by atoms with E-state index in [-0.39, 0.29) is 11.5 Å². The van der Waals surface area contributed by atoms with Gasteiger partial charge < -0.3 is 21.3 Å². The van der Waals surface area contributed by atoms with Gasteiger partial charge in [0.1, 0.15) is 0 Å². The number of esters is 1. The van der Waals surface area contributed by atoms with E-state index in [4.69, 9.17) is 16.2 Å². The molecule has 0 aliphatic carbocycles. The zero-order valence-corrected chi connectivity index (χ0v) is 14.8. The van der Waals surface area contributed by atoms with Crippen LogP contribution in [0, 0.1) is 0 Å². The number of aromatic carboxylic acids is 1. The van der Waals surface area contributed by atoms with Crippen molar-refractivity contribution in [3.63, 3.8) is 0 Å². The zero-order chi connectivity index (χ0) is 18.8. The van der Waals surface area contributed by atoms with Crippen LogP contribution in [0.15, 0.2) is 24.3 Å². The smallest absolute Gasteiger partial charge is 0.336 e. The standard InChI is InChI=1S/C19H28N2O4/c1-13(2)19(24)25-10-8-6-4-3-5-7-9-15-16(18(22)23)11-14(20)12-17(15)21/h11-12H,1,3-10,20-21H2,2H3,(H,22,23). The maximum atomic E-state index is 11.3. The molecule has 0 aromatic heterocycles. The van der Waals surface area contributed by atoms with Crippen molar-refractivity contribution >= 4 is 23.3 Å². The van der Waals surface area contributed by atoms with Crippen LogP contribution in [-0.4, -0.2) is 23.7 Å². The summed E-state index contributed by atoms with van der Waals surface area (Å²) < 4.78 is 5.03. The predicted molar refractivity (Wildman–Crippen MR) is 99.4 cm³/mol. The molecule has 1 aromatic rings. The van der Waals surface area contributed by atoms with E-state index in [1.54, 1.807) is 13.0 Å². The van der Waals surface area contributed by atoms with Gasteiger partial charge >= 0.3 is 11.9 Å². The summed E-state index contributed by atoms with van der Waals surface area (Å²) in [7, 11) is 0. The normalized spacial score (nSPS) is 10.4. The van der Waals surface area contributed by atoms with Crippen LogP contribution in [0.25, 0.3) is 0 Å². The minimum Gasteiger partial charge on any atom is -0.478 e. The molecular formula is C19H28N2O4. The first kappa shape index (κ1) is 20.5. The molecule has 5 N–H and O–H groups in total. The van der Waals surface area contributed by atoms with Gasteiger partial charge in [0.05, 0.1) is 12.2 Å². The highest BCUT2D eigenvalue weighted by atomic mass is 16.5. The first-order valence-electron chi connectivity index (χ1n) is 8.56. The molecule has 0 saturated carbocycles. The number of anilines is 2. The van der Waals surface area contributed by atoms with Crippen LogP contribution in [-0.2, 0) is 16.0 Å². The molecule has 138 valence electrons. The molecule has 6 nitrogen and oxygen atoms in total. The Morgan fingerprint density at radius 3 is 2.28 bits per heavy atom. The Bertz CT molecular complexity index is 626. The lowest BCUT2D eigenvalue weighted by Crippen LogP contribution is -2.07. The molecule has 0 radical (unpaired) electrons. The number of unbranched alkanes of at least 4 members (excludes halogenated alkanes) is 5. The van der Waals surface area contributed by atoms with E-state index in [2.05, 4.69) is 6.58 Å². The molecule has 0 saturated heterocycles. The average Bonchev–Trinajstić information content (AvgIpc) is 2.53. The van der Waals surface area contributed by atoms with E-state index in [9.17, 15) is 14.7 Å². The van der Waals surface area contributed by atoms with E-state index in [0.717, 1.165) is 38.5 Å². The highest BCUT2D eigenvalue weighted by Gasteiger charge is 2.13. The minimum atomic E-state index is -1.00. The van der Waals surface area contributed by atoms with Gasteiger partial charge in [-0.25, -0.2) is 9.59 Å². The third kappa shape index (κ3) is 7.28. The van der Waals surface area contributed by atoms with Crippen molar-refractivity contribution in [2.45, 2.75) is 51.9 Å². The topological polar surface area (TPSA) is 116 Å². The van der Waals surface area contributed by atoms with Crippen molar-refractivity contribution in [1.82, 2.24) is 0 Å². The number of ether oxygens (including phenoxy) is 1. The van der Waals surface area contributed by atoms with Crippen LogP contribution >= 0.6 is 0 Å². The Hall–Kier alpha value is -2.50. The second-order valence-electron chi connectivity index (χ2n) is 6.23.